The molecule has 0 unspecified atom stereocenters. The lowest BCUT2D eigenvalue weighted by molar-refractivity contribution is -0.144. The summed E-state index contributed by atoms with van der Waals surface area (Å²) in [6.07, 6.45) is 5.67. The molecule has 3 aromatic heterocycles. The van der Waals surface area contributed by atoms with Crippen molar-refractivity contribution >= 4 is 73.9 Å². The van der Waals surface area contributed by atoms with Crippen LogP contribution >= 0.6 is 0 Å². The molecular weight excluding hydrogens is 905 g/mol. The third-order valence-corrected chi connectivity index (χ3v) is 13.7. The molecule has 72 heavy (non-hydrogen) atoms. The Morgan fingerprint density at radius 2 is 0.944 bits per heavy atom. The van der Waals surface area contributed by atoms with Crippen LogP contribution in [0.5, 0.6) is 0 Å². The van der Waals surface area contributed by atoms with Gasteiger partial charge in [0.2, 0.25) is 5.91 Å². The number of nitrogens with two attached hydrogens (primary N) is 1. The van der Waals surface area contributed by atoms with Crippen LogP contribution in [0, 0.1) is 31.6 Å². The third-order valence-electron chi connectivity index (χ3n) is 13.7. The quantitative estimate of drug-likeness (QED) is 0.0298. The fraction of sp³-hybridized carbons (Fsp3) is 0.492. The largest absolute Gasteiger partial charge is 0.466 e. The number of ether oxygens (including phenoxy) is 3. The normalized spacial score (nSPS) is 12.6. The highest BCUT2D eigenvalue weighted by atomic mass is 16.5. The lowest BCUT2D eigenvalue weighted by atomic mass is 9.98. The van der Waals surface area contributed by atoms with Crippen molar-refractivity contribution in [3.63, 3.8) is 0 Å². The Labute approximate surface area is 426 Å². The number of hydrogen-bond donors (Lipinski definition) is 4. The van der Waals surface area contributed by atoms with E-state index >= 15 is 0 Å². The lowest BCUT2D eigenvalue weighted by Gasteiger charge is -2.08. The minimum Gasteiger partial charge on any atom is -0.466 e. The van der Waals surface area contributed by atoms with Gasteiger partial charge in [0.1, 0.15) is 0 Å². The maximum absolute atomic E-state index is 13.4. The number of aromatic nitrogens is 4. The Hall–Kier alpha value is -6.50. The van der Waals surface area contributed by atoms with E-state index in [0.29, 0.717) is 93.3 Å². The smallest absolute Gasteiger partial charge is 0.306 e. The van der Waals surface area contributed by atoms with Crippen molar-refractivity contribution in [2.45, 2.75) is 146 Å². The maximum atomic E-state index is 13.4. The van der Waals surface area contributed by atoms with Gasteiger partial charge in [-0.05, 0) is 183 Å². The first kappa shape index (κ1) is 54.8. The van der Waals surface area contributed by atoms with Crippen molar-refractivity contribution in [2.24, 2.45) is 17.8 Å². The van der Waals surface area contributed by atoms with E-state index in [2.05, 4.69) is 76.7 Å². The number of fused-ring (bicyclic) bond motifs is 8. The molecule has 0 saturated heterocycles. The van der Waals surface area contributed by atoms with Gasteiger partial charge in [0, 0.05) is 60.0 Å². The number of nitrogens with zero attached hydrogens (tertiary/aromatic N) is 2. The van der Waals surface area contributed by atoms with Crippen molar-refractivity contribution in [1.29, 1.82) is 0 Å². The van der Waals surface area contributed by atoms with Crippen molar-refractivity contribution in [1.82, 2.24) is 25.3 Å². The highest BCUT2D eigenvalue weighted by Gasteiger charge is 2.24. The van der Waals surface area contributed by atoms with Crippen molar-refractivity contribution in [3.05, 3.63) is 99.1 Å². The van der Waals surface area contributed by atoms with E-state index in [9.17, 15) is 19.2 Å². The second kappa shape index (κ2) is 25.7. The number of esters is 3. The number of aromatic amines is 2. The van der Waals surface area contributed by atoms with Gasteiger partial charge in [-0.2, -0.15) is 0 Å². The SMILES string of the molecule is CC1=C(CCC(=O)OCCC(C)C)c2cc3nc(cc4[nH]c(cc5[nH]c(cc1n2)c(CCC(=O)OCCC(C)C)c5C)c(CCC(=O)NCCc1ccc(N)cc1)c4C)C(CCC(=O)OCCC(C)C)=C3C. The molecule has 386 valence electrons. The molecule has 4 aromatic rings. The van der Waals surface area contributed by atoms with E-state index in [4.69, 9.17) is 29.9 Å². The third kappa shape index (κ3) is 15.3. The predicted octanol–water partition coefficient (Wildman–Crippen LogP) is 11.9. The van der Waals surface area contributed by atoms with Crippen LogP contribution in [0.4, 0.5) is 5.69 Å². The molecule has 6 rings (SSSR count). The molecular formula is C59H78N6O7. The van der Waals surface area contributed by atoms with E-state index in [1.165, 1.54) is 0 Å². The van der Waals surface area contributed by atoms with Gasteiger partial charge in [0.05, 0.1) is 42.6 Å². The molecule has 0 aliphatic carbocycles. The molecule has 0 atom stereocenters. The number of allylic oxidation sites excluding steroid dienone is 4. The van der Waals surface area contributed by atoms with Crippen LogP contribution in [0.25, 0.3) is 44.4 Å². The number of rotatable bonds is 24. The summed E-state index contributed by atoms with van der Waals surface area (Å²) in [5, 5.41) is 3.10. The monoisotopic (exact) mass is 983 g/mol. The molecule has 5 N–H and O–H groups in total. The zero-order chi connectivity index (χ0) is 52.1. The summed E-state index contributed by atoms with van der Waals surface area (Å²) >= 11 is 0. The molecule has 8 bridgehead atoms. The molecule has 2 aliphatic rings. The number of H-pyrrole nitrogens is 2. The average Bonchev–Trinajstić information content (AvgIpc) is 3.98. The van der Waals surface area contributed by atoms with Crippen LogP contribution in [-0.4, -0.2) is 70.1 Å². The van der Waals surface area contributed by atoms with Gasteiger partial charge < -0.3 is 35.2 Å². The lowest BCUT2D eigenvalue weighted by Crippen LogP contribution is -2.25. The number of aryl methyl sites for hydroxylation is 4. The molecule has 5 heterocycles. The molecule has 13 heteroatoms. The van der Waals surface area contributed by atoms with E-state index in [-0.39, 0.29) is 49.5 Å². The second-order valence-corrected chi connectivity index (χ2v) is 20.7. The van der Waals surface area contributed by atoms with E-state index in [1.807, 2.05) is 56.3 Å². The van der Waals surface area contributed by atoms with Crippen LogP contribution in [0.3, 0.4) is 0 Å². The predicted molar refractivity (Wildman–Crippen MR) is 289 cm³/mol. The molecule has 0 radical (unpaired) electrons. The molecule has 0 spiro atoms. The van der Waals surface area contributed by atoms with Gasteiger partial charge in [-0.1, -0.05) is 53.7 Å². The van der Waals surface area contributed by atoms with Gasteiger partial charge in [-0.25, -0.2) is 9.97 Å². The number of benzene rings is 1. The van der Waals surface area contributed by atoms with Gasteiger partial charge in [-0.15, -0.1) is 0 Å². The zero-order valence-electron chi connectivity index (χ0n) is 44.5. The second-order valence-electron chi connectivity index (χ2n) is 20.7. The standard InChI is InChI=1S/C59H78N6O7/c1-35(2)24-28-70-57(67)20-16-45-39(8)49-31-52-44(15-19-56(66)61-27-23-42-11-13-43(60)14-12-42)38(7)48(62-52)32-53-46(17-21-58(68)71-29-25-36(3)4)40(9)50(64-53)34-55-47(18-22-59(69)72-30-26-37(5)6)41(10)51(65-55)33-54(45)63-49/h11-14,31-37,62-63H,15-30,60H2,1-10H3,(H,61,66). The van der Waals surface area contributed by atoms with Gasteiger partial charge in [-0.3, -0.25) is 19.2 Å². The fourth-order valence-corrected chi connectivity index (χ4v) is 8.97. The molecule has 0 saturated carbocycles. The molecule has 1 amide bonds. The van der Waals surface area contributed by atoms with Crippen LogP contribution in [0.1, 0.15) is 164 Å². The Morgan fingerprint density at radius 1 is 0.528 bits per heavy atom. The zero-order valence-corrected chi connectivity index (χ0v) is 44.5. The first-order valence-electron chi connectivity index (χ1n) is 26.1. The topological polar surface area (TPSA) is 191 Å². The van der Waals surface area contributed by atoms with Crippen LogP contribution in [-0.2, 0) is 52.7 Å². The van der Waals surface area contributed by atoms with E-state index < -0.39 is 0 Å². The number of nitrogen functional groups attached to an aromatic ring is 1. The Bertz CT molecular complexity index is 2830. The Kier molecular flexibility index (Phi) is 19.6. The Morgan fingerprint density at radius 3 is 1.44 bits per heavy atom. The molecule has 13 nitrogen and oxygen atoms in total. The summed E-state index contributed by atoms with van der Waals surface area (Å²) < 4.78 is 16.9. The van der Waals surface area contributed by atoms with E-state index in [1.54, 1.807) is 0 Å². The first-order chi connectivity index (χ1) is 34.4. The number of amides is 1. The van der Waals surface area contributed by atoms with Crippen LogP contribution < -0.4 is 11.1 Å². The average molecular weight is 983 g/mol. The highest BCUT2D eigenvalue weighted by Crippen LogP contribution is 2.38. The summed E-state index contributed by atoms with van der Waals surface area (Å²) in [7, 11) is 0. The maximum Gasteiger partial charge on any atom is 0.306 e. The van der Waals surface area contributed by atoms with Crippen LogP contribution in [0.15, 0.2) is 48.5 Å². The summed E-state index contributed by atoms with van der Waals surface area (Å²) in [5.74, 6) is 0.442. The van der Waals surface area contributed by atoms with Crippen LogP contribution in [0.2, 0.25) is 0 Å². The van der Waals surface area contributed by atoms with Gasteiger partial charge in [0.25, 0.3) is 0 Å². The number of hydrogen-bond acceptors (Lipinski definition) is 10. The van der Waals surface area contributed by atoms with E-state index in [0.717, 1.165) is 103 Å². The minimum absolute atomic E-state index is 0.0494. The Balaban J connectivity index is 1.48. The van der Waals surface area contributed by atoms with Crippen molar-refractivity contribution in [2.75, 3.05) is 32.1 Å². The number of anilines is 1. The fourth-order valence-electron chi connectivity index (χ4n) is 8.97. The molecule has 2 aliphatic heterocycles. The van der Waals surface area contributed by atoms with Crippen molar-refractivity contribution in [3.8, 4) is 0 Å². The number of nitrogens with one attached hydrogen (secondary N) is 3. The number of carbonyl (C=O) groups is 4. The highest BCUT2D eigenvalue weighted by molar-refractivity contribution is 5.96. The summed E-state index contributed by atoms with van der Waals surface area (Å²) in [5.41, 5.74) is 21.5. The minimum atomic E-state index is -0.259. The van der Waals surface area contributed by atoms with Crippen molar-refractivity contribution < 1.29 is 33.4 Å². The van der Waals surface area contributed by atoms with Gasteiger partial charge in [0.15, 0.2) is 0 Å². The van der Waals surface area contributed by atoms with Gasteiger partial charge >= 0.3 is 17.9 Å². The molecule has 1 aromatic carbocycles. The summed E-state index contributed by atoms with van der Waals surface area (Å²) in [6, 6.07) is 15.8. The summed E-state index contributed by atoms with van der Waals surface area (Å²) in [6.45, 7) is 22.4. The first-order valence-corrected chi connectivity index (χ1v) is 26.1. The molecule has 0 fully saturated rings. The summed E-state index contributed by atoms with van der Waals surface area (Å²) in [4.78, 5) is 70.8. The number of carbonyl (C=O) groups excluding carboxylic acids is 4.